The fraction of sp³-hybridized carbons (Fsp3) is 0.182. The zero-order chi connectivity index (χ0) is 11.5. The van der Waals surface area contributed by atoms with Crippen molar-refractivity contribution in [1.82, 2.24) is 4.98 Å². The SMILES string of the molecule is OC(Cc1ccc(Br)cn1)c1ccc(Cl)s1. The van der Waals surface area contributed by atoms with Crippen molar-refractivity contribution in [3.8, 4) is 0 Å². The molecule has 0 radical (unpaired) electrons. The standard InChI is InChI=1S/C11H9BrClNOS/c12-7-1-2-8(14-6-7)5-9(15)10-3-4-11(13)16-10/h1-4,6,9,15H,5H2. The fourth-order valence-electron chi connectivity index (χ4n) is 1.33. The minimum atomic E-state index is -0.536. The van der Waals surface area contributed by atoms with Gasteiger partial charge in [0.15, 0.2) is 0 Å². The molecule has 0 spiro atoms. The Morgan fingerprint density at radius 2 is 2.19 bits per heavy atom. The molecular formula is C11H9BrClNOS. The highest BCUT2D eigenvalue weighted by molar-refractivity contribution is 9.10. The second-order valence-electron chi connectivity index (χ2n) is 3.33. The molecule has 1 unspecified atom stereocenters. The quantitative estimate of drug-likeness (QED) is 0.933. The first-order chi connectivity index (χ1) is 7.65. The maximum absolute atomic E-state index is 9.96. The molecule has 1 N–H and O–H groups in total. The summed E-state index contributed by atoms with van der Waals surface area (Å²) in [5.74, 6) is 0. The van der Waals surface area contributed by atoms with Crippen molar-refractivity contribution in [2.75, 3.05) is 0 Å². The Kier molecular flexibility index (Phi) is 3.97. The van der Waals surface area contributed by atoms with Crippen LogP contribution in [0.2, 0.25) is 4.34 Å². The van der Waals surface area contributed by atoms with Gasteiger partial charge >= 0.3 is 0 Å². The summed E-state index contributed by atoms with van der Waals surface area (Å²) in [6.45, 7) is 0. The number of aliphatic hydroxyl groups excluding tert-OH is 1. The summed E-state index contributed by atoms with van der Waals surface area (Å²) in [4.78, 5) is 5.09. The van der Waals surface area contributed by atoms with Gasteiger partial charge in [0.1, 0.15) is 0 Å². The number of hydrogen-bond donors (Lipinski definition) is 1. The van der Waals surface area contributed by atoms with Crippen LogP contribution in [0.3, 0.4) is 0 Å². The van der Waals surface area contributed by atoms with Gasteiger partial charge in [0, 0.05) is 27.7 Å². The number of aliphatic hydroxyl groups is 1. The van der Waals surface area contributed by atoms with E-state index in [-0.39, 0.29) is 0 Å². The van der Waals surface area contributed by atoms with E-state index in [1.165, 1.54) is 11.3 Å². The van der Waals surface area contributed by atoms with Crippen molar-refractivity contribution in [3.63, 3.8) is 0 Å². The fourth-order valence-corrected chi connectivity index (χ4v) is 2.61. The van der Waals surface area contributed by atoms with Gasteiger partial charge in [0.25, 0.3) is 0 Å². The van der Waals surface area contributed by atoms with Crippen LogP contribution >= 0.6 is 38.9 Å². The van der Waals surface area contributed by atoms with E-state index in [9.17, 15) is 5.11 Å². The smallest absolute Gasteiger partial charge is 0.0937 e. The number of thiophene rings is 1. The zero-order valence-electron chi connectivity index (χ0n) is 8.23. The molecule has 0 aliphatic rings. The van der Waals surface area contributed by atoms with Crippen molar-refractivity contribution in [3.05, 3.63) is 49.8 Å². The lowest BCUT2D eigenvalue weighted by molar-refractivity contribution is 0.181. The van der Waals surface area contributed by atoms with Gasteiger partial charge in [0.05, 0.1) is 10.4 Å². The van der Waals surface area contributed by atoms with Gasteiger partial charge in [-0.2, -0.15) is 0 Å². The van der Waals surface area contributed by atoms with Gasteiger partial charge in [-0.05, 0) is 40.2 Å². The monoisotopic (exact) mass is 317 g/mol. The number of aromatic nitrogens is 1. The van der Waals surface area contributed by atoms with E-state index in [1.54, 1.807) is 12.3 Å². The number of pyridine rings is 1. The maximum atomic E-state index is 9.96. The van der Waals surface area contributed by atoms with Crippen LogP contribution in [0, 0.1) is 0 Å². The molecule has 0 saturated carbocycles. The number of halogens is 2. The van der Waals surface area contributed by atoms with Crippen LogP contribution in [0.25, 0.3) is 0 Å². The molecule has 84 valence electrons. The maximum Gasteiger partial charge on any atom is 0.0937 e. The third kappa shape index (κ3) is 3.04. The lowest BCUT2D eigenvalue weighted by atomic mass is 10.1. The Morgan fingerprint density at radius 3 is 2.75 bits per heavy atom. The molecule has 2 nitrogen and oxygen atoms in total. The molecule has 2 rings (SSSR count). The predicted octanol–water partition coefficient (Wildman–Crippen LogP) is 3.84. The highest BCUT2D eigenvalue weighted by Gasteiger charge is 2.11. The van der Waals surface area contributed by atoms with Gasteiger partial charge in [-0.3, -0.25) is 4.98 Å². The summed E-state index contributed by atoms with van der Waals surface area (Å²) >= 11 is 10.5. The number of nitrogens with zero attached hydrogens (tertiary/aromatic N) is 1. The van der Waals surface area contributed by atoms with Crippen LogP contribution < -0.4 is 0 Å². The second-order valence-corrected chi connectivity index (χ2v) is 5.99. The highest BCUT2D eigenvalue weighted by Crippen LogP contribution is 2.28. The minimum absolute atomic E-state index is 0.504. The van der Waals surface area contributed by atoms with E-state index >= 15 is 0 Å². The first kappa shape index (κ1) is 12.0. The average molecular weight is 319 g/mol. The number of hydrogen-bond acceptors (Lipinski definition) is 3. The van der Waals surface area contributed by atoms with E-state index < -0.39 is 6.10 Å². The minimum Gasteiger partial charge on any atom is -0.387 e. The topological polar surface area (TPSA) is 33.1 Å². The second kappa shape index (κ2) is 5.27. The third-order valence-corrected chi connectivity index (χ3v) is 3.92. The Morgan fingerprint density at radius 1 is 1.38 bits per heavy atom. The van der Waals surface area contributed by atoms with E-state index in [0.29, 0.717) is 10.8 Å². The molecule has 0 aliphatic carbocycles. The van der Waals surface area contributed by atoms with Crippen LogP contribution in [0.5, 0.6) is 0 Å². The molecule has 16 heavy (non-hydrogen) atoms. The molecule has 2 heterocycles. The Hall–Kier alpha value is -0.420. The first-order valence-corrected chi connectivity index (χ1v) is 6.67. The predicted molar refractivity (Wildman–Crippen MR) is 69.9 cm³/mol. The molecule has 0 amide bonds. The number of rotatable bonds is 3. The summed E-state index contributed by atoms with van der Waals surface area (Å²) in [7, 11) is 0. The van der Waals surface area contributed by atoms with Gasteiger partial charge in [-0.15, -0.1) is 11.3 Å². The normalized spacial score (nSPS) is 12.7. The molecule has 0 fully saturated rings. The molecule has 5 heteroatoms. The summed E-state index contributed by atoms with van der Waals surface area (Å²) in [6.07, 6.45) is 1.69. The van der Waals surface area contributed by atoms with E-state index in [2.05, 4.69) is 20.9 Å². The Balaban J connectivity index is 2.07. The Labute approximate surface area is 111 Å². The molecule has 0 aliphatic heterocycles. The first-order valence-electron chi connectivity index (χ1n) is 4.69. The molecule has 1 atom stereocenters. The van der Waals surface area contributed by atoms with Crippen molar-refractivity contribution >= 4 is 38.9 Å². The molecular weight excluding hydrogens is 310 g/mol. The molecule has 0 bridgehead atoms. The van der Waals surface area contributed by atoms with Crippen molar-refractivity contribution in [2.24, 2.45) is 0 Å². The van der Waals surface area contributed by atoms with Crippen LogP contribution in [0.4, 0.5) is 0 Å². The molecule has 2 aromatic heterocycles. The largest absolute Gasteiger partial charge is 0.387 e. The lowest BCUT2D eigenvalue weighted by Gasteiger charge is -2.07. The lowest BCUT2D eigenvalue weighted by Crippen LogP contribution is -2.01. The summed E-state index contributed by atoms with van der Waals surface area (Å²) in [5.41, 5.74) is 0.861. The summed E-state index contributed by atoms with van der Waals surface area (Å²) < 4.78 is 1.63. The van der Waals surface area contributed by atoms with Crippen molar-refractivity contribution in [1.29, 1.82) is 0 Å². The van der Waals surface area contributed by atoms with Gasteiger partial charge in [-0.25, -0.2) is 0 Å². The average Bonchev–Trinajstić information content (AvgIpc) is 2.68. The van der Waals surface area contributed by atoms with E-state index in [0.717, 1.165) is 15.0 Å². The summed E-state index contributed by atoms with van der Waals surface area (Å²) in [6, 6.07) is 7.44. The zero-order valence-corrected chi connectivity index (χ0v) is 11.4. The van der Waals surface area contributed by atoms with E-state index in [1.807, 2.05) is 18.2 Å². The summed E-state index contributed by atoms with van der Waals surface area (Å²) in [5, 5.41) is 9.96. The highest BCUT2D eigenvalue weighted by atomic mass is 79.9. The van der Waals surface area contributed by atoms with Crippen LogP contribution in [-0.4, -0.2) is 10.1 Å². The molecule has 0 aromatic carbocycles. The van der Waals surface area contributed by atoms with Crippen LogP contribution in [0.15, 0.2) is 34.9 Å². The molecule has 2 aromatic rings. The van der Waals surface area contributed by atoms with E-state index in [4.69, 9.17) is 11.6 Å². The third-order valence-electron chi connectivity index (χ3n) is 2.11. The van der Waals surface area contributed by atoms with Crippen LogP contribution in [-0.2, 0) is 6.42 Å². The molecule has 0 saturated heterocycles. The van der Waals surface area contributed by atoms with Crippen molar-refractivity contribution in [2.45, 2.75) is 12.5 Å². The van der Waals surface area contributed by atoms with Gasteiger partial charge in [-0.1, -0.05) is 11.6 Å². The van der Waals surface area contributed by atoms with Crippen LogP contribution in [0.1, 0.15) is 16.7 Å². The Bertz CT molecular complexity index is 471. The van der Waals surface area contributed by atoms with Gasteiger partial charge in [0.2, 0.25) is 0 Å². The van der Waals surface area contributed by atoms with Gasteiger partial charge < -0.3 is 5.11 Å². The van der Waals surface area contributed by atoms with Crippen molar-refractivity contribution < 1.29 is 5.11 Å².